The summed E-state index contributed by atoms with van der Waals surface area (Å²) in [5.74, 6) is -1.85. The molecule has 0 radical (unpaired) electrons. The van der Waals surface area contributed by atoms with Gasteiger partial charge in [0.2, 0.25) is 5.91 Å². The lowest BCUT2D eigenvalue weighted by atomic mass is 9.92. The molecule has 1 aliphatic rings. The van der Waals surface area contributed by atoms with Crippen molar-refractivity contribution in [2.75, 3.05) is 13.7 Å². The van der Waals surface area contributed by atoms with Crippen molar-refractivity contribution in [2.45, 2.75) is 211 Å². The highest BCUT2D eigenvalue weighted by atomic mass is 19.4. The second-order valence-electron chi connectivity index (χ2n) is 16.2. The molecule has 0 spiro atoms. The highest BCUT2D eigenvalue weighted by molar-refractivity contribution is 5.84. The minimum atomic E-state index is -5.08. The maximum Gasteiger partial charge on any atom is 0.432 e. The van der Waals surface area contributed by atoms with Crippen LogP contribution in [0.5, 0.6) is 0 Å². The smallest absolute Gasteiger partial charge is 0.432 e. The summed E-state index contributed by atoms with van der Waals surface area (Å²) in [6, 6.07) is 6.13. The van der Waals surface area contributed by atoms with Crippen LogP contribution in [0.1, 0.15) is 186 Å². The van der Waals surface area contributed by atoms with E-state index in [0.717, 1.165) is 103 Å². The molecule has 0 aliphatic carbocycles. The molecule has 322 valence electrons. The van der Waals surface area contributed by atoms with Gasteiger partial charge in [-0.05, 0) is 50.9 Å². The molecule has 1 aliphatic heterocycles. The Morgan fingerprint density at radius 1 is 0.768 bits per heavy atom. The number of benzene rings is 1. The van der Waals surface area contributed by atoms with Gasteiger partial charge in [-0.15, -0.1) is 0 Å². The van der Waals surface area contributed by atoms with Crippen LogP contribution in [0.25, 0.3) is 0 Å². The first-order valence-electron chi connectivity index (χ1n) is 22.0. The number of alkyl halides is 3. The van der Waals surface area contributed by atoms with Gasteiger partial charge in [-0.1, -0.05) is 160 Å². The van der Waals surface area contributed by atoms with E-state index in [2.05, 4.69) is 13.8 Å². The van der Waals surface area contributed by atoms with Crippen LogP contribution in [0.3, 0.4) is 0 Å². The fourth-order valence-corrected chi connectivity index (χ4v) is 8.05. The minimum absolute atomic E-state index is 0.0490. The van der Waals surface area contributed by atoms with E-state index in [9.17, 15) is 37.8 Å². The number of ether oxygens (including phenoxy) is 2. The van der Waals surface area contributed by atoms with Gasteiger partial charge in [0.25, 0.3) is 5.60 Å². The molecule has 1 fully saturated rings. The molecule has 1 amide bonds. The first-order valence-corrected chi connectivity index (χ1v) is 22.0. The van der Waals surface area contributed by atoms with E-state index in [1.165, 1.54) is 56.4 Å². The number of carboxylic acid groups (broad SMARTS) is 1. The van der Waals surface area contributed by atoms with Crippen molar-refractivity contribution in [1.29, 1.82) is 0 Å². The maximum atomic E-state index is 14.6. The van der Waals surface area contributed by atoms with E-state index in [0.29, 0.717) is 44.6 Å². The number of aliphatic hydroxyl groups excluding tert-OH is 1. The van der Waals surface area contributed by atoms with Crippen LogP contribution in [0, 0.1) is 5.92 Å². The average molecular weight is 798 g/mol. The number of carbonyl (C=O) groups is 3. The van der Waals surface area contributed by atoms with Crippen LogP contribution in [-0.4, -0.2) is 71.0 Å². The van der Waals surface area contributed by atoms with Crippen LogP contribution in [0.2, 0.25) is 0 Å². The largest absolute Gasteiger partial charge is 0.480 e. The summed E-state index contributed by atoms with van der Waals surface area (Å²) in [6.45, 7) is 5.04. The predicted molar refractivity (Wildman–Crippen MR) is 215 cm³/mol. The lowest BCUT2D eigenvalue weighted by molar-refractivity contribution is -0.279. The number of carbonyl (C=O) groups excluding carboxylic acids is 2. The van der Waals surface area contributed by atoms with Crippen molar-refractivity contribution in [3.63, 3.8) is 0 Å². The summed E-state index contributed by atoms with van der Waals surface area (Å²) in [6.07, 6.45) is 16.5. The Morgan fingerprint density at radius 2 is 1.29 bits per heavy atom. The summed E-state index contributed by atoms with van der Waals surface area (Å²) >= 11 is 0. The number of rotatable bonds is 31. The summed E-state index contributed by atoms with van der Waals surface area (Å²) in [4.78, 5) is 39.1. The normalized spacial score (nSPS) is 17.6. The molecule has 2 rings (SSSR count). The molecule has 1 saturated heterocycles. The summed E-state index contributed by atoms with van der Waals surface area (Å²) < 4.78 is 54.3. The zero-order valence-corrected chi connectivity index (χ0v) is 34.8. The van der Waals surface area contributed by atoms with Crippen molar-refractivity contribution >= 4 is 17.8 Å². The molecule has 0 bridgehead atoms. The number of hydrogen-bond donors (Lipinski definition) is 2. The highest BCUT2D eigenvalue weighted by Crippen LogP contribution is 2.43. The molecule has 0 aromatic heterocycles. The molecule has 1 heterocycles. The molecule has 0 unspecified atom stereocenters. The quantitative estimate of drug-likeness (QED) is 0.0568. The van der Waals surface area contributed by atoms with Crippen LogP contribution in [0.15, 0.2) is 30.3 Å². The Kier molecular flexibility index (Phi) is 24.6. The number of halogens is 3. The van der Waals surface area contributed by atoms with E-state index in [1.54, 1.807) is 11.0 Å². The predicted octanol–water partition coefficient (Wildman–Crippen LogP) is 11.5. The van der Waals surface area contributed by atoms with Crippen molar-refractivity contribution in [1.82, 2.24) is 4.90 Å². The molecule has 1 aromatic rings. The highest BCUT2D eigenvalue weighted by Gasteiger charge is 2.64. The van der Waals surface area contributed by atoms with Gasteiger partial charge < -0.3 is 24.6 Å². The Labute approximate surface area is 335 Å². The van der Waals surface area contributed by atoms with E-state index < -0.39 is 42.0 Å². The lowest BCUT2D eigenvalue weighted by Gasteiger charge is -2.34. The second kappa shape index (κ2) is 27.9. The van der Waals surface area contributed by atoms with Gasteiger partial charge >= 0.3 is 18.1 Å². The molecule has 11 heteroatoms. The number of esters is 1. The molecular weight excluding hydrogens is 723 g/mol. The van der Waals surface area contributed by atoms with Crippen LogP contribution < -0.4 is 0 Å². The number of amides is 1. The number of aliphatic carboxylic acids is 1. The molecule has 56 heavy (non-hydrogen) atoms. The summed E-state index contributed by atoms with van der Waals surface area (Å²) in [5.41, 5.74) is -3.66. The van der Waals surface area contributed by atoms with E-state index >= 15 is 0 Å². The second-order valence-corrected chi connectivity index (χ2v) is 16.2. The monoisotopic (exact) mass is 798 g/mol. The third kappa shape index (κ3) is 17.5. The summed E-state index contributed by atoms with van der Waals surface area (Å²) in [7, 11) is 0.858. The zero-order valence-electron chi connectivity index (χ0n) is 34.8. The standard InChI is InChI=1S/C45H74F3NO7/c1-4-5-6-18-27-36(2)28-19-15-16-23-33-40(56-43(54)44(55-3,45(46,47)48)37-29-20-17-21-30-37)39(50)32-22-13-11-9-7-8-10-12-14-24-34-41(51)49-35-26-25-31-38(49)42(52)53/h17,20-21,29-30,36,38-40,50H,4-16,18-19,22-28,31-35H2,1-3H3,(H,52,53)/t36-,38+,39+,40-,44-/m0/s1. The van der Waals surface area contributed by atoms with E-state index in [4.69, 9.17) is 9.47 Å². The van der Waals surface area contributed by atoms with Crippen molar-refractivity contribution < 1.29 is 47.2 Å². The Balaban J connectivity index is 1.78. The third-order valence-electron chi connectivity index (χ3n) is 11.6. The van der Waals surface area contributed by atoms with Gasteiger partial charge in [-0.25, -0.2) is 9.59 Å². The van der Waals surface area contributed by atoms with Gasteiger partial charge in [0.15, 0.2) is 0 Å². The molecule has 8 nitrogen and oxygen atoms in total. The van der Waals surface area contributed by atoms with E-state index in [-0.39, 0.29) is 17.9 Å². The van der Waals surface area contributed by atoms with Crippen LogP contribution >= 0.6 is 0 Å². The topological polar surface area (TPSA) is 113 Å². The molecule has 0 saturated carbocycles. The minimum Gasteiger partial charge on any atom is -0.480 e. The number of piperidine rings is 1. The fourth-order valence-electron chi connectivity index (χ4n) is 8.05. The summed E-state index contributed by atoms with van der Waals surface area (Å²) in [5, 5.41) is 20.6. The van der Waals surface area contributed by atoms with E-state index in [1.807, 2.05) is 0 Å². The number of likely N-dealkylation sites (tertiary alicyclic amines) is 1. The molecule has 5 atom stereocenters. The van der Waals surface area contributed by atoms with Crippen molar-refractivity contribution in [3.05, 3.63) is 35.9 Å². The van der Waals surface area contributed by atoms with Crippen LogP contribution in [0.4, 0.5) is 13.2 Å². The average Bonchev–Trinajstić information content (AvgIpc) is 3.17. The zero-order chi connectivity index (χ0) is 41.2. The maximum absolute atomic E-state index is 14.6. The van der Waals surface area contributed by atoms with Gasteiger partial charge in [0.1, 0.15) is 12.1 Å². The Bertz CT molecular complexity index is 1220. The van der Waals surface area contributed by atoms with Gasteiger partial charge in [-0.3, -0.25) is 4.79 Å². The number of aliphatic hydroxyl groups is 1. The first-order chi connectivity index (χ1) is 26.9. The number of nitrogens with zero attached hydrogens (tertiary/aromatic N) is 1. The fraction of sp³-hybridized carbons (Fsp3) is 0.800. The number of methoxy groups -OCH3 is 1. The number of unbranched alkanes of at least 4 members (excludes halogenated alkanes) is 15. The molecular formula is C45H74F3NO7. The lowest BCUT2D eigenvalue weighted by Crippen LogP contribution is -2.53. The Morgan fingerprint density at radius 3 is 1.82 bits per heavy atom. The van der Waals surface area contributed by atoms with Crippen molar-refractivity contribution in [3.8, 4) is 0 Å². The Hall–Kier alpha value is -2.66. The van der Waals surface area contributed by atoms with Gasteiger partial charge in [0, 0.05) is 25.6 Å². The van der Waals surface area contributed by atoms with Crippen LogP contribution in [-0.2, 0) is 29.5 Å². The van der Waals surface area contributed by atoms with Gasteiger partial charge in [0.05, 0.1) is 6.10 Å². The van der Waals surface area contributed by atoms with Crippen molar-refractivity contribution in [2.24, 2.45) is 5.92 Å². The molecule has 2 N–H and O–H groups in total. The van der Waals surface area contributed by atoms with Gasteiger partial charge in [-0.2, -0.15) is 13.2 Å². The third-order valence-corrected chi connectivity index (χ3v) is 11.6. The number of carboxylic acids is 1. The number of hydrogen-bond acceptors (Lipinski definition) is 6. The molecule has 1 aromatic carbocycles. The SMILES string of the molecule is CCCCCC[C@H](C)CCCCCC[C@H](OC(=O)[C@@](OC)(c1ccccc1)C(F)(F)F)[C@H](O)CCCCCCCCCCCCC(=O)N1CCCC[C@@H]1C(=O)O. The first kappa shape index (κ1) is 49.5.